The summed E-state index contributed by atoms with van der Waals surface area (Å²) in [5, 5.41) is 9.01. The highest BCUT2D eigenvalue weighted by atomic mass is 16.7. The first-order valence-corrected chi connectivity index (χ1v) is 13.4. The van der Waals surface area contributed by atoms with Gasteiger partial charge in [-0.05, 0) is 75.2 Å². The van der Waals surface area contributed by atoms with Gasteiger partial charge in [0.05, 0.1) is 17.6 Å². The fourth-order valence-corrected chi connectivity index (χ4v) is 6.34. The van der Waals surface area contributed by atoms with Crippen LogP contribution in [0.5, 0.6) is 0 Å². The molecule has 1 heterocycles. The number of amides is 2. The number of hydrogen-bond donors (Lipinski definition) is 4. The third-order valence-electron chi connectivity index (χ3n) is 8.52. The Bertz CT molecular complexity index is 863. The summed E-state index contributed by atoms with van der Waals surface area (Å²) in [6.07, 6.45) is 7.11. The average Bonchev–Trinajstić information content (AvgIpc) is 3.17. The number of allylic oxidation sites excluding steroid dienone is 1. The Morgan fingerprint density at radius 2 is 1.94 bits per heavy atom. The number of carbonyl (C=O) groups is 2. The second-order valence-corrected chi connectivity index (χ2v) is 11.8. The summed E-state index contributed by atoms with van der Waals surface area (Å²) in [4.78, 5) is 29.6. The Labute approximate surface area is 216 Å². The molecule has 36 heavy (non-hydrogen) atoms. The highest BCUT2D eigenvalue weighted by Crippen LogP contribution is 2.65. The number of aliphatic imine (C=N–C) groups is 1. The molecule has 0 unspecified atom stereocenters. The molecule has 0 radical (unpaired) electrons. The number of rotatable bonds is 11. The maximum atomic E-state index is 13.5. The van der Waals surface area contributed by atoms with Crippen molar-refractivity contribution in [2.24, 2.45) is 33.9 Å². The third kappa shape index (κ3) is 6.07. The molecule has 5 N–H and O–H groups in total. The van der Waals surface area contributed by atoms with E-state index in [9.17, 15) is 9.59 Å². The molecule has 4 aliphatic rings. The van der Waals surface area contributed by atoms with Crippen molar-refractivity contribution in [2.45, 2.75) is 97.3 Å². The minimum atomic E-state index is -0.684. The SMILES string of the molecule is C/C=C/C(=O)N[C@@H](CCCNC(N)=NC)C(=O)N[C@@H](CC(C)C)B1O[C@@H]2C[C@@H]3C[C@@H](C3(C)C)[C@]2(C)O1. The summed E-state index contributed by atoms with van der Waals surface area (Å²) in [7, 11) is 1.11. The second-order valence-electron chi connectivity index (χ2n) is 11.8. The summed E-state index contributed by atoms with van der Waals surface area (Å²) in [6, 6.07) is -0.684. The maximum absolute atomic E-state index is 13.5. The van der Waals surface area contributed by atoms with E-state index in [2.05, 4.69) is 55.6 Å². The van der Waals surface area contributed by atoms with E-state index < -0.39 is 13.2 Å². The molecular weight excluding hydrogens is 457 g/mol. The van der Waals surface area contributed by atoms with E-state index in [4.69, 9.17) is 15.0 Å². The van der Waals surface area contributed by atoms with E-state index >= 15 is 0 Å². The molecule has 2 bridgehead atoms. The third-order valence-corrected chi connectivity index (χ3v) is 8.52. The van der Waals surface area contributed by atoms with Crippen LogP contribution in [0.4, 0.5) is 0 Å². The number of nitrogens with zero attached hydrogens (tertiary/aromatic N) is 1. The lowest BCUT2D eigenvalue weighted by molar-refractivity contribution is -0.199. The maximum Gasteiger partial charge on any atom is 0.481 e. The molecule has 9 nitrogen and oxygen atoms in total. The van der Waals surface area contributed by atoms with E-state index in [0.717, 1.165) is 12.8 Å². The molecule has 6 atom stereocenters. The number of nitrogens with one attached hydrogen (secondary N) is 3. The van der Waals surface area contributed by atoms with E-state index in [1.807, 2.05) is 0 Å². The van der Waals surface area contributed by atoms with Gasteiger partial charge >= 0.3 is 7.12 Å². The summed E-state index contributed by atoms with van der Waals surface area (Å²) >= 11 is 0. The zero-order valence-electron chi connectivity index (χ0n) is 23.1. The van der Waals surface area contributed by atoms with Gasteiger partial charge in [-0.15, -0.1) is 0 Å². The van der Waals surface area contributed by atoms with E-state index in [1.165, 1.54) is 12.5 Å². The van der Waals surface area contributed by atoms with Gasteiger partial charge in [0.15, 0.2) is 5.96 Å². The van der Waals surface area contributed by atoms with Gasteiger partial charge in [-0.1, -0.05) is 33.8 Å². The molecule has 0 aromatic heterocycles. The smallest absolute Gasteiger partial charge is 0.404 e. The van der Waals surface area contributed by atoms with Crippen LogP contribution in [0.15, 0.2) is 17.1 Å². The Morgan fingerprint density at radius 1 is 1.22 bits per heavy atom. The molecule has 10 heteroatoms. The fraction of sp³-hybridized carbons (Fsp3) is 0.808. The zero-order valence-corrected chi connectivity index (χ0v) is 23.1. The summed E-state index contributed by atoms with van der Waals surface area (Å²) in [5.74, 6) is 0.961. The predicted molar refractivity (Wildman–Crippen MR) is 143 cm³/mol. The van der Waals surface area contributed by atoms with Crippen molar-refractivity contribution in [1.82, 2.24) is 16.0 Å². The molecule has 0 aromatic rings. The van der Waals surface area contributed by atoms with Crippen molar-refractivity contribution in [1.29, 1.82) is 0 Å². The minimum absolute atomic E-state index is 0.0489. The standard InChI is InChI=1S/C26H46BN5O4/c1-8-10-22(33)31-18(11-9-12-30-24(28)29-7)23(34)32-21(13-16(2)3)27-35-20-15-17-14-19(25(17,4)5)26(20,6)36-27/h8,10,16-21H,9,11-15H2,1-7H3,(H,31,33)(H,32,34)(H3,28,29,30)/b10-8+/t17-,18-,19-,20+,21-,26-/m0/s1. The van der Waals surface area contributed by atoms with Gasteiger partial charge in [0, 0.05) is 13.6 Å². The van der Waals surface area contributed by atoms with Crippen LogP contribution >= 0.6 is 0 Å². The summed E-state index contributed by atoms with van der Waals surface area (Å²) in [5.41, 5.74) is 5.61. The quantitative estimate of drug-likeness (QED) is 0.113. The van der Waals surface area contributed by atoms with Gasteiger partial charge in [-0.25, -0.2) is 0 Å². The highest BCUT2D eigenvalue weighted by molar-refractivity contribution is 6.48. The molecule has 1 aliphatic heterocycles. The molecule has 4 rings (SSSR count). The summed E-state index contributed by atoms with van der Waals surface area (Å²) < 4.78 is 13.2. The van der Waals surface area contributed by atoms with E-state index in [0.29, 0.717) is 43.1 Å². The molecule has 4 fully saturated rings. The number of guanidine groups is 1. The summed E-state index contributed by atoms with van der Waals surface area (Å²) in [6.45, 7) is 13.4. The number of carbonyl (C=O) groups excluding carboxylic acids is 2. The first-order chi connectivity index (χ1) is 16.9. The van der Waals surface area contributed by atoms with E-state index in [-0.39, 0.29) is 34.9 Å². The zero-order chi connectivity index (χ0) is 26.7. The van der Waals surface area contributed by atoms with Crippen molar-refractivity contribution in [3.05, 3.63) is 12.2 Å². The molecule has 202 valence electrons. The minimum Gasteiger partial charge on any atom is -0.404 e. The highest BCUT2D eigenvalue weighted by Gasteiger charge is 2.68. The van der Waals surface area contributed by atoms with Gasteiger partial charge in [0.25, 0.3) is 0 Å². The molecule has 1 saturated heterocycles. The Kier molecular flexibility index (Phi) is 9.14. The normalized spacial score (nSPS) is 30.5. The lowest BCUT2D eigenvalue weighted by Gasteiger charge is -2.64. The van der Waals surface area contributed by atoms with Crippen LogP contribution in [-0.2, 0) is 18.9 Å². The van der Waals surface area contributed by atoms with Crippen molar-refractivity contribution in [3.63, 3.8) is 0 Å². The van der Waals surface area contributed by atoms with Gasteiger partial charge in [-0.3, -0.25) is 14.6 Å². The van der Waals surface area contributed by atoms with Crippen molar-refractivity contribution < 1.29 is 18.9 Å². The van der Waals surface area contributed by atoms with Crippen LogP contribution in [-0.4, -0.2) is 62.2 Å². The molecule has 3 saturated carbocycles. The molecule has 0 aromatic carbocycles. The fourth-order valence-electron chi connectivity index (χ4n) is 6.34. The van der Waals surface area contributed by atoms with Crippen LogP contribution in [0.1, 0.15) is 73.6 Å². The van der Waals surface area contributed by atoms with Crippen LogP contribution in [0.25, 0.3) is 0 Å². The predicted octanol–water partition coefficient (Wildman–Crippen LogP) is 2.16. The van der Waals surface area contributed by atoms with Crippen LogP contribution in [0.3, 0.4) is 0 Å². The number of nitrogens with two attached hydrogens (primary N) is 1. The first-order valence-electron chi connectivity index (χ1n) is 13.4. The lowest BCUT2D eigenvalue weighted by Crippen LogP contribution is -2.65. The van der Waals surface area contributed by atoms with Crippen molar-refractivity contribution >= 4 is 24.9 Å². The molecular formula is C26H46BN5O4. The molecule has 0 spiro atoms. The largest absolute Gasteiger partial charge is 0.481 e. The van der Waals surface area contributed by atoms with E-state index in [1.54, 1.807) is 20.0 Å². The van der Waals surface area contributed by atoms with Crippen LogP contribution < -0.4 is 21.7 Å². The monoisotopic (exact) mass is 503 g/mol. The number of hydrogen-bond acceptors (Lipinski definition) is 5. The Morgan fingerprint density at radius 3 is 2.56 bits per heavy atom. The Hall–Kier alpha value is -2.07. The first kappa shape index (κ1) is 28.5. The lowest BCUT2D eigenvalue weighted by atomic mass is 9.43. The van der Waals surface area contributed by atoms with Crippen LogP contribution in [0.2, 0.25) is 0 Å². The van der Waals surface area contributed by atoms with Crippen molar-refractivity contribution in [2.75, 3.05) is 13.6 Å². The van der Waals surface area contributed by atoms with Crippen molar-refractivity contribution in [3.8, 4) is 0 Å². The topological polar surface area (TPSA) is 127 Å². The molecule has 3 aliphatic carbocycles. The van der Waals surface area contributed by atoms with Gasteiger partial charge < -0.3 is 31.0 Å². The average molecular weight is 503 g/mol. The van der Waals surface area contributed by atoms with Gasteiger partial charge in [0.2, 0.25) is 11.8 Å². The van der Waals surface area contributed by atoms with Gasteiger partial charge in [-0.2, -0.15) is 0 Å². The second kappa shape index (κ2) is 11.5. The molecule has 2 amide bonds. The van der Waals surface area contributed by atoms with Crippen LogP contribution in [0, 0.1) is 23.2 Å². The van der Waals surface area contributed by atoms with Gasteiger partial charge in [0.1, 0.15) is 6.04 Å². The Balaban J connectivity index is 1.69.